The molecule has 2 rings (SSSR count). The summed E-state index contributed by atoms with van der Waals surface area (Å²) in [7, 11) is 1.28. The molecule has 8 nitrogen and oxygen atoms in total. The van der Waals surface area contributed by atoms with E-state index in [1.165, 1.54) is 7.11 Å². The second-order valence-electron chi connectivity index (χ2n) is 5.66. The van der Waals surface area contributed by atoms with Crippen LogP contribution in [0.1, 0.15) is 41.8 Å². The number of hydrogen-bond donors (Lipinski definition) is 2. The van der Waals surface area contributed by atoms with Gasteiger partial charge in [0.05, 0.1) is 12.7 Å². The van der Waals surface area contributed by atoms with Gasteiger partial charge in [-0.3, -0.25) is 9.89 Å². The van der Waals surface area contributed by atoms with Crippen LogP contribution in [0.5, 0.6) is 5.75 Å². The van der Waals surface area contributed by atoms with Crippen molar-refractivity contribution in [3.8, 4) is 5.75 Å². The molecule has 0 aliphatic rings. The predicted molar refractivity (Wildman–Crippen MR) is 90.5 cm³/mol. The highest BCUT2D eigenvalue weighted by atomic mass is 16.6. The highest BCUT2D eigenvalue weighted by Gasteiger charge is 2.13. The number of nitrogens with one attached hydrogen (secondary N) is 2. The molecule has 8 heteroatoms. The van der Waals surface area contributed by atoms with Crippen LogP contribution in [-0.2, 0) is 16.0 Å². The molecule has 0 spiro atoms. The van der Waals surface area contributed by atoms with Crippen LogP contribution in [-0.4, -0.2) is 47.3 Å². The lowest BCUT2D eigenvalue weighted by Gasteiger charge is -2.10. The van der Waals surface area contributed by atoms with E-state index >= 15 is 0 Å². The fraction of sp³-hybridized carbons (Fsp3) is 0.412. The second-order valence-corrected chi connectivity index (χ2v) is 5.66. The van der Waals surface area contributed by atoms with Crippen LogP contribution in [0.2, 0.25) is 0 Å². The molecule has 1 aromatic carbocycles. The maximum atomic E-state index is 12.3. The Balaban J connectivity index is 1.90. The zero-order chi connectivity index (χ0) is 18.2. The van der Waals surface area contributed by atoms with E-state index in [4.69, 9.17) is 4.74 Å². The van der Waals surface area contributed by atoms with E-state index in [-0.39, 0.29) is 18.4 Å². The monoisotopic (exact) mass is 346 g/mol. The number of para-hydroxylation sites is 1. The lowest BCUT2D eigenvalue weighted by molar-refractivity contribution is -0.142. The standard InChI is InChI=1S/C17H22N4O4/c1-11(2)16-19-14(20-21-16)8-9-18-17(23)12-6-4-5-7-13(12)25-10-15(22)24-3/h4-7,11H,8-10H2,1-3H3,(H,18,23)(H,19,20,21). The third-order valence-corrected chi connectivity index (χ3v) is 3.42. The summed E-state index contributed by atoms with van der Waals surface area (Å²) in [5.74, 6) is 1.25. The van der Waals surface area contributed by atoms with Gasteiger partial charge in [-0.15, -0.1) is 0 Å². The molecule has 1 amide bonds. The first-order valence-electron chi connectivity index (χ1n) is 7.99. The summed E-state index contributed by atoms with van der Waals surface area (Å²) in [6.07, 6.45) is 0.538. The van der Waals surface area contributed by atoms with Gasteiger partial charge in [0.1, 0.15) is 11.6 Å². The van der Waals surface area contributed by atoms with Crippen LogP contribution in [0.15, 0.2) is 24.3 Å². The van der Waals surface area contributed by atoms with E-state index in [9.17, 15) is 9.59 Å². The topological polar surface area (TPSA) is 106 Å². The quantitative estimate of drug-likeness (QED) is 0.701. The smallest absolute Gasteiger partial charge is 0.343 e. The van der Waals surface area contributed by atoms with Crippen molar-refractivity contribution >= 4 is 11.9 Å². The lowest BCUT2D eigenvalue weighted by atomic mass is 10.2. The van der Waals surface area contributed by atoms with Crippen molar-refractivity contribution in [3.05, 3.63) is 41.5 Å². The minimum absolute atomic E-state index is 0.249. The zero-order valence-electron chi connectivity index (χ0n) is 14.5. The zero-order valence-corrected chi connectivity index (χ0v) is 14.5. The molecule has 25 heavy (non-hydrogen) atoms. The van der Waals surface area contributed by atoms with Crippen molar-refractivity contribution in [2.75, 3.05) is 20.3 Å². The fourth-order valence-corrected chi connectivity index (χ4v) is 2.05. The van der Waals surface area contributed by atoms with Gasteiger partial charge in [0.25, 0.3) is 5.91 Å². The normalized spacial score (nSPS) is 10.6. The minimum atomic E-state index is -0.513. The molecule has 1 heterocycles. The van der Waals surface area contributed by atoms with Gasteiger partial charge in [-0.1, -0.05) is 26.0 Å². The first kappa shape index (κ1) is 18.4. The maximum absolute atomic E-state index is 12.3. The van der Waals surface area contributed by atoms with Gasteiger partial charge in [0, 0.05) is 18.9 Å². The first-order valence-corrected chi connectivity index (χ1v) is 7.99. The third-order valence-electron chi connectivity index (χ3n) is 3.42. The molecule has 0 aliphatic heterocycles. The molecular weight excluding hydrogens is 324 g/mol. The molecule has 134 valence electrons. The number of H-pyrrole nitrogens is 1. The molecule has 0 bridgehead atoms. The number of amides is 1. The Labute approximate surface area is 145 Å². The summed E-state index contributed by atoms with van der Waals surface area (Å²) in [4.78, 5) is 27.9. The van der Waals surface area contributed by atoms with Crippen LogP contribution in [0.25, 0.3) is 0 Å². The second kappa shape index (κ2) is 8.81. The van der Waals surface area contributed by atoms with E-state index in [0.717, 1.165) is 11.6 Å². The summed E-state index contributed by atoms with van der Waals surface area (Å²) in [5.41, 5.74) is 0.354. The fourth-order valence-electron chi connectivity index (χ4n) is 2.05. The Morgan fingerprint density at radius 1 is 1.28 bits per heavy atom. The molecule has 0 unspecified atom stereocenters. The molecular formula is C17H22N4O4. The van der Waals surface area contributed by atoms with Gasteiger partial charge in [-0.25, -0.2) is 9.78 Å². The van der Waals surface area contributed by atoms with Crippen molar-refractivity contribution < 1.29 is 19.1 Å². The Hall–Kier alpha value is -2.90. The summed E-state index contributed by atoms with van der Waals surface area (Å²) in [6.45, 7) is 4.17. The van der Waals surface area contributed by atoms with E-state index < -0.39 is 5.97 Å². The van der Waals surface area contributed by atoms with Gasteiger partial charge in [-0.2, -0.15) is 5.10 Å². The molecule has 2 N–H and O–H groups in total. The summed E-state index contributed by atoms with van der Waals surface area (Å²) in [6, 6.07) is 6.72. The van der Waals surface area contributed by atoms with Crippen LogP contribution in [0.4, 0.5) is 0 Å². The Morgan fingerprint density at radius 2 is 2.04 bits per heavy atom. The van der Waals surface area contributed by atoms with Crippen LogP contribution >= 0.6 is 0 Å². The van der Waals surface area contributed by atoms with E-state index in [0.29, 0.717) is 24.3 Å². The lowest BCUT2D eigenvalue weighted by Crippen LogP contribution is -2.26. The summed E-state index contributed by atoms with van der Waals surface area (Å²) >= 11 is 0. The largest absolute Gasteiger partial charge is 0.481 e. The number of nitrogens with zero attached hydrogens (tertiary/aromatic N) is 2. The highest BCUT2D eigenvalue weighted by Crippen LogP contribution is 2.17. The molecule has 0 radical (unpaired) electrons. The Morgan fingerprint density at radius 3 is 2.72 bits per heavy atom. The number of hydrogen-bond acceptors (Lipinski definition) is 6. The van der Waals surface area contributed by atoms with E-state index in [1.807, 2.05) is 13.8 Å². The number of ether oxygens (including phenoxy) is 2. The summed E-state index contributed by atoms with van der Waals surface area (Å²) < 4.78 is 9.87. The molecule has 0 saturated heterocycles. The molecule has 0 fully saturated rings. The number of carbonyl (C=O) groups is 2. The van der Waals surface area contributed by atoms with E-state index in [2.05, 4.69) is 25.2 Å². The van der Waals surface area contributed by atoms with E-state index in [1.54, 1.807) is 24.3 Å². The number of benzene rings is 1. The first-order chi connectivity index (χ1) is 12.0. The molecule has 0 atom stereocenters. The molecule has 0 saturated carbocycles. The average Bonchev–Trinajstić information content (AvgIpc) is 3.09. The third kappa shape index (κ3) is 5.30. The molecule has 0 aliphatic carbocycles. The van der Waals surface area contributed by atoms with Crippen LogP contribution < -0.4 is 10.1 Å². The van der Waals surface area contributed by atoms with Crippen LogP contribution in [0.3, 0.4) is 0 Å². The molecule has 2 aromatic rings. The van der Waals surface area contributed by atoms with Gasteiger partial charge in [0.2, 0.25) is 0 Å². The Bertz CT molecular complexity index is 727. The molecule has 1 aromatic heterocycles. The number of aromatic amines is 1. The Kier molecular flexibility index (Phi) is 6.50. The number of methoxy groups -OCH3 is 1. The van der Waals surface area contributed by atoms with Crippen molar-refractivity contribution in [1.82, 2.24) is 20.5 Å². The number of rotatable bonds is 8. The van der Waals surface area contributed by atoms with Crippen molar-refractivity contribution in [2.45, 2.75) is 26.2 Å². The number of carbonyl (C=O) groups excluding carboxylic acids is 2. The maximum Gasteiger partial charge on any atom is 0.343 e. The minimum Gasteiger partial charge on any atom is -0.481 e. The number of esters is 1. The average molecular weight is 346 g/mol. The van der Waals surface area contributed by atoms with Gasteiger partial charge in [-0.05, 0) is 12.1 Å². The number of aromatic nitrogens is 3. The van der Waals surface area contributed by atoms with Crippen molar-refractivity contribution in [2.24, 2.45) is 0 Å². The van der Waals surface area contributed by atoms with Crippen LogP contribution in [0, 0.1) is 0 Å². The van der Waals surface area contributed by atoms with Gasteiger partial charge in [0.15, 0.2) is 12.4 Å². The SMILES string of the molecule is COC(=O)COc1ccccc1C(=O)NCCc1nc(C(C)C)n[nH]1. The van der Waals surface area contributed by atoms with Crippen molar-refractivity contribution in [1.29, 1.82) is 0 Å². The summed E-state index contributed by atoms with van der Waals surface area (Å²) in [5, 5.41) is 9.79. The van der Waals surface area contributed by atoms with Gasteiger partial charge < -0.3 is 14.8 Å². The van der Waals surface area contributed by atoms with Crippen molar-refractivity contribution in [3.63, 3.8) is 0 Å². The predicted octanol–water partition coefficient (Wildman–Crippen LogP) is 1.45. The van der Waals surface area contributed by atoms with Gasteiger partial charge >= 0.3 is 5.97 Å². The highest BCUT2D eigenvalue weighted by molar-refractivity contribution is 5.97.